The van der Waals surface area contributed by atoms with Crippen LogP contribution >= 0.6 is 0 Å². The molecule has 0 radical (unpaired) electrons. The van der Waals surface area contributed by atoms with Crippen molar-refractivity contribution in [2.75, 3.05) is 7.11 Å². The minimum Gasteiger partial charge on any atom is -0.374 e. The van der Waals surface area contributed by atoms with E-state index in [4.69, 9.17) is 19.2 Å². The molecule has 1 saturated heterocycles. The zero-order valence-corrected chi connectivity index (χ0v) is 16.5. The van der Waals surface area contributed by atoms with Crippen molar-refractivity contribution < 1.29 is 23.6 Å². The first kappa shape index (κ1) is 17.8. The molecule has 4 nitrogen and oxygen atoms in total. The van der Waals surface area contributed by atoms with Gasteiger partial charge in [-0.2, -0.15) is 9.78 Å². The molecule has 0 aromatic heterocycles. The lowest BCUT2D eigenvalue weighted by Crippen LogP contribution is -2.59. The Kier molecular flexibility index (Phi) is 3.82. The monoisotopic (exact) mass is 388 g/mol. The van der Waals surface area contributed by atoms with Crippen LogP contribution in [-0.4, -0.2) is 18.7 Å². The van der Waals surface area contributed by atoms with E-state index in [2.05, 4.69) is 0 Å². The van der Waals surface area contributed by atoms with Crippen molar-refractivity contribution in [3.63, 3.8) is 0 Å². The predicted molar refractivity (Wildman–Crippen MR) is 99.3 cm³/mol. The molecule has 1 heterocycles. The summed E-state index contributed by atoms with van der Waals surface area (Å²) in [4.78, 5) is 12.1. The quantitative estimate of drug-likeness (QED) is 0.663. The van der Waals surface area contributed by atoms with E-state index in [0.717, 1.165) is 43.1 Å². The molecule has 1 aliphatic heterocycles. The number of ether oxygens (including phenoxy) is 2. The van der Waals surface area contributed by atoms with Gasteiger partial charge in [-0.25, -0.2) is 4.39 Å². The second-order valence-corrected chi connectivity index (χ2v) is 9.91. The van der Waals surface area contributed by atoms with Crippen LogP contribution in [-0.2, 0) is 24.8 Å². The van der Waals surface area contributed by atoms with Crippen LogP contribution in [0.1, 0.15) is 63.4 Å². The van der Waals surface area contributed by atoms with E-state index in [-0.39, 0.29) is 5.82 Å². The van der Waals surface area contributed by atoms with Crippen molar-refractivity contribution in [3.8, 4) is 0 Å². The van der Waals surface area contributed by atoms with E-state index in [9.17, 15) is 4.39 Å². The van der Waals surface area contributed by atoms with Gasteiger partial charge in [0.05, 0.1) is 5.60 Å². The Morgan fingerprint density at radius 2 is 1.46 bits per heavy atom. The Morgan fingerprint density at radius 3 is 2.04 bits per heavy atom. The Balaban J connectivity index is 1.22. The number of rotatable bonds is 2. The van der Waals surface area contributed by atoms with Crippen LogP contribution in [0.5, 0.6) is 0 Å². The third-order valence-electron chi connectivity index (χ3n) is 8.53. The number of hydrogen-bond acceptors (Lipinski definition) is 4. The average Bonchev–Trinajstić information content (AvgIpc) is 3.08. The van der Waals surface area contributed by atoms with Crippen molar-refractivity contribution in [3.05, 3.63) is 35.6 Å². The summed E-state index contributed by atoms with van der Waals surface area (Å²) in [5.41, 5.74) is 0.611. The molecule has 1 aromatic rings. The molecule has 0 unspecified atom stereocenters. The molecule has 0 atom stereocenters. The Labute approximate surface area is 165 Å². The van der Waals surface area contributed by atoms with Gasteiger partial charge in [0.2, 0.25) is 11.6 Å². The first-order valence-electron chi connectivity index (χ1n) is 10.9. The first-order valence-corrected chi connectivity index (χ1v) is 10.9. The molecule has 5 saturated carbocycles. The van der Waals surface area contributed by atoms with Gasteiger partial charge in [-0.15, -0.1) is 0 Å². The summed E-state index contributed by atoms with van der Waals surface area (Å²) in [5.74, 6) is 1.30. The minimum atomic E-state index is -0.655. The highest BCUT2D eigenvalue weighted by atomic mass is 19.1. The fourth-order valence-electron chi connectivity index (χ4n) is 7.19. The second-order valence-electron chi connectivity index (χ2n) is 9.91. The van der Waals surface area contributed by atoms with Crippen molar-refractivity contribution in [1.82, 2.24) is 0 Å². The molecule has 6 aliphatic rings. The third-order valence-corrected chi connectivity index (χ3v) is 8.53. The Hall–Kier alpha value is -1.01. The molecular weight excluding hydrogens is 359 g/mol. The zero-order chi connectivity index (χ0) is 19.0. The van der Waals surface area contributed by atoms with Gasteiger partial charge >= 0.3 is 0 Å². The van der Waals surface area contributed by atoms with Crippen molar-refractivity contribution in [2.24, 2.45) is 23.7 Å². The molecule has 5 aliphatic carbocycles. The molecule has 7 rings (SSSR count). The van der Waals surface area contributed by atoms with Crippen LogP contribution in [0.4, 0.5) is 4.39 Å². The lowest BCUT2D eigenvalue weighted by Gasteiger charge is -2.57. The molecule has 1 aromatic carbocycles. The fourth-order valence-corrected chi connectivity index (χ4v) is 7.19. The predicted octanol–water partition coefficient (Wildman–Crippen LogP) is 5.07. The fraction of sp³-hybridized carbons (Fsp3) is 0.739. The van der Waals surface area contributed by atoms with Gasteiger partial charge in [0.15, 0.2) is 0 Å². The Bertz CT molecular complexity index is 724. The van der Waals surface area contributed by atoms with E-state index in [1.54, 1.807) is 7.11 Å². The number of hydrogen-bond donors (Lipinski definition) is 0. The maximum absolute atomic E-state index is 13.4. The van der Waals surface area contributed by atoms with Crippen molar-refractivity contribution in [1.29, 1.82) is 0 Å². The Morgan fingerprint density at radius 1 is 0.857 bits per heavy atom. The SMILES string of the molecule is COC1(c2ccc(F)cc2)CCC2(CC1)OOC1(O2)C2CC3CC(C2)CC1C3. The summed E-state index contributed by atoms with van der Waals surface area (Å²) in [6, 6.07) is 6.69. The number of halogens is 1. The maximum Gasteiger partial charge on any atom is 0.210 e. The van der Waals surface area contributed by atoms with Crippen LogP contribution < -0.4 is 0 Å². The highest BCUT2D eigenvalue weighted by Gasteiger charge is 2.67. The van der Waals surface area contributed by atoms with Gasteiger partial charge in [-0.3, -0.25) is 0 Å². The van der Waals surface area contributed by atoms with E-state index in [1.165, 1.54) is 44.2 Å². The smallest absolute Gasteiger partial charge is 0.210 e. The standard InChI is InChI=1S/C23H29FO4/c1-25-21(17-2-4-20(24)5-3-17)6-8-22(9-7-21)26-23(28-27-22)18-11-15-10-16(13-18)14-19(23)12-15/h2-5,15-16,18-19H,6-14H2,1H3. The zero-order valence-electron chi connectivity index (χ0n) is 16.5. The topological polar surface area (TPSA) is 36.9 Å². The summed E-state index contributed by atoms with van der Waals surface area (Å²) in [6.45, 7) is 0. The minimum absolute atomic E-state index is 0.220. The molecular formula is C23H29FO4. The van der Waals surface area contributed by atoms with Gasteiger partial charge in [-0.05, 0) is 74.5 Å². The first-order chi connectivity index (χ1) is 13.5. The highest BCUT2D eigenvalue weighted by molar-refractivity contribution is 5.24. The summed E-state index contributed by atoms with van der Waals surface area (Å²) in [5, 5.41) is 0. The van der Waals surface area contributed by atoms with Crippen LogP contribution in [0.25, 0.3) is 0 Å². The maximum atomic E-state index is 13.4. The van der Waals surface area contributed by atoms with E-state index in [0.29, 0.717) is 11.8 Å². The summed E-state index contributed by atoms with van der Waals surface area (Å²) >= 11 is 0. The average molecular weight is 388 g/mol. The largest absolute Gasteiger partial charge is 0.374 e. The molecule has 0 N–H and O–H groups in total. The summed E-state index contributed by atoms with van der Waals surface area (Å²) in [6.07, 6.45) is 9.31. The van der Waals surface area contributed by atoms with Crippen LogP contribution in [0.3, 0.4) is 0 Å². The molecule has 152 valence electrons. The molecule has 5 heteroatoms. The third kappa shape index (κ3) is 2.43. The molecule has 28 heavy (non-hydrogen) atoms. The number of benzene rings is 1. The summed E-state index contributed by atoms with van der Waals surface area (Å²) in [7, 11) is 1.74. The van der Waals surface area contributed by atoms with Gasteiger partial charge in [-0.1, -0.05) is 12.1 Å². The second kappa shape index (κ2) is 6.00. The van der Waals surface area contributed by atoms with Gasteiger partial charge < -0.3 is 9.47 Å². The van der Waals surface area contributed by atoms with Crippen LogP contribution in [0.2, 0.25) is 0 Å². The van der Waals surface area contributed by atoms with E-state index in [1.807, 2.05) is 12.1 Å². The summed E-state index contributed by atoms with van der Waals surface area (Å²) < 4.78 is 26.1. The highest BCUT2D eigenvalue weighted by Crippen LogP contribution is 2.64. The van der Waals surface area contributed by atoms with Crippen molar-refractivity contribution in [2.45, 2.75) is 75.0 Å². The molecule has 2 spiro atoms. The molecule has 0 amide bonds. The van der Waals surface area contributed by atoms with Gasteiger partial charge in [0.25, 0.3) is 0 Å². The van der Waals surface area contributed by atoms with Crippen molar-refractivity contribution >= 4 is 0 Å². The van der Waals surface area contributed by atoms with Gasteiger partial charge in [0.1, 0.15) is 5.82 Å². The molecule has 6 fully saturated rings. The molecule has 4 bridgehead atoms. The normalized spacial score (nSPS) is 49.4. The van der Waals surface area contributed by atoms with Crippen LogP contribution in [0, 0.1) is 29.5 Å². The number of methoxy groups -OCH3 is 1. The lowest BCUT2D eigenvalue weighted by atomic mass is 9.53. The lowest BCUT2D eigenvalue weighted by molar-refractivity contribution is -0.391. The van der Waals surface area contributed by atoms with E-state index < -0.39 is 17.2 Å². The van der Waals surface area contributed by atoms with E-state index >= 15 is 0 Å². The van der Waals surface area contributed by atoms with Gasteiger partial charge in [0, 0.05) is 31.8 Å². The van der Waals surface area contributed by atoms with Crippen LogP contribution in [0.15, 0.2) is 24.3 Å².